The van der Waals surface area contributed by atoms with Crippen molar-refractivity contribution in [1.82, 2.24) is 4.31 Å². The van der Waals surface area contributed by atoms with Crippen molar-refractivity contribution in [2.75, 3.05) is 6.54 Å². The van der Waals surface area contributed by atoms with E-state index in [1.165, 1.54) is 4.31 Å². The van der Waals surface area contributed by atoms with Gasteiger partial charge in [-0.1, -0.05) is 65.7 Å². The highest BCUT2D eigenvalue weighted by atomic mass is 32.2. The molecule has 4 rings (SSSR count). The predicted octanol–water partition coefficient (Wildman–Crippen LogP) is 4.21. The maximum atomic E-state index is 13.2. The molecule has 1 unspecified atom stereocenters. The Morgan fingerprint density at radius 2 is 1.50 bits per heavy atom. The first-order valence-corrected chi connectivity index (χ1v) is 10.7. The zero-order valence-electron chi connectivity index (χ0n) is 16.0. The Labute approximate surface area is 166 Å². The molecule has 3 aromatic carbocycles. The van der Waals surface area contributed by atoms with E-state index in [1.54, 1.807) is 24.3 Å². The van der Waals surface area contributed by atoms with Gasteiger partial charge in [0.05, 0.1) is 11.0 Å². The van der Waals surface area contributed by atoms with E-state index in [0.29, 0.717) is 0 Å². The zero-order chi connectivity index (χ0) is 19.9. The molecule has 4 nitrogen and oxygen atoms in total. The van der Waals surface area contributed by atoms with Crippen molar-refractivity contribution in [2.45, 2.75) is 31.4 Å². The van der Waals surface area contributed by atoms with E-state index < -0.39 is 16.1 Å². The molecule has 0 aliphatic carbocycles. The van der Waals surface area contributed by atoms with Crippen LogP contribution in [-0.4, -0.2) is 24.4 Å². The van der Waals surface area contributed by atoms with Gasteiger partial charge in [0.1, 0.15) is 0 Å². The molecule has 1 N–H and O–H groups in total. The van der Waals surface area contributed by atoms with Crippen LogP contribution in [0.2, 0.25) is 0 Å². The smallest absolute Gasteiger partial charge is 0.243 e. The lowest BCUT2D eigenvalue weighted by atomic mass is 9.90. The topological polar surface area (TPSA) is 57.6 Å². The SMILES string of the molecule is Cc1ccc(-c2cccc3c2CN(S(=O)(=O)c2ccc(C)cc2)CC3O)cc1. The molecule has 1 atom stereocenters. The second-order valence-corrected chi connectivity index (χ2v) is 9.30. The molecule has 5 heteroatoms. The fourth-order valence-electron chi connectivity index (χ4n) is 3.67. The number of nitrogens with zero attached hydrogens (tertiary/aromatic N) is 1. The molecule has 0 aromatic heterocycles. The van der Waals surface area contributed by atoms with Crippen molar-refractivity contribution in [3.05, 3.63) is 89.0 Å². The lowest BCUT2D eigenvalue weighted by Crippen LogP contribution is -2.38. The van der Waals surface area contributed by atoms with Gasteiger partial charge in [0.2, 0.25) is 10.0 Å². The minimum absolute atomic E-state index is 0.0561. The molecule has 0 saturated carbocycles. The van der Waals surface area contributed by atoms with Crippen LogP contribution in [0.5, 0.6) is 0 Å². The van der Waals surface area contributed by atoms with Crippen molar-refractivity contribution in [3.63, 3.8) is 0 Å². The quantitative estimate of drug-likeness (QED) is 0.725. The van der Waals surface area contributed by atoms with Gasteiger partial charge in [-0.2, -0.15) is 4.31 Å². The molecular formula is C23H23NO3S. The van der Waals surface area contributed by atoms with Crippen molar-refractivity contribution in [3.8, 4) is 11.1 Å². The van der Waals surface area contributed by atoms with E-state index in [2.05, 4.69) is 0 Å². The summed E-state index contributed by atoms with van der Waals surface area (Å²) in [6.07, 6.45) is -0.852. The summed E-state index contributed by atoms with van der Waals surface area (Å²) >= 11 is 0. The Morgan fingerprint density at radius 1 is 0.893 bits per heavy atom. The molecule has 1 heterocycles. The third-order valence-corrected chi connectivity index (χ3v) is 7.13. The molecule has 0 saturated heterocycles. The van der Waals surface area contributed by atoms with Gasteiger partial charge in [0.25, 0.3) is 0 Å². The molecule has 0 amide bonds. The molecular weight excluding hydrogens is 370 g/mol. The maximum absolute atomic E-state index is 13.2. The molecule has 0 spiro atoms. The summed E-state index contributed by atoms with van der Waals surface area (Å²) in [7, 11) is -3.69. The summed E-state index contributed by atoms with van der Waals surface area (Å²) in [5, 5.41) is 10.7. The van der Waals surface area contributed by atoms with Crippen molar-refractivity contribution < 1.29 is 13.5 Å². The van der Waals surface area contributed by atoms with Crippen molar-refractivity contribution >= 4 is 10.0 Å². The second-order valence-electron chi connectivity index (χ2n) is 7.37. The Morgan fingerprint density at radius 3 is 2.14 bits per heavy atom. The van der Waals surface area contributed by atoms with Gasteiger partial charge in [-0.05, 0) is 48.2 Å². The second kappa shape index (κ2) is 7.17. The maximum Gasteiger partial charge on any atom is 0.243 e. The van der Waals surface area contributed by atoms with Crippen LogP contribution in [0.1, 0.15) is 28.4 Å². The Bertz CT molecular complexity index is 1100. The summed E-state index contributed by atoms with van der Waals surface area (Å²) in [5.74, 6) is 0. The van der Waals surface area contributed by atoms with E-state index in [-0.39, 0.29) is 18.0 Å². The zero-order valence-corrected chi connectivity index (χ0v) is 16.8. The first-order chi connectivity index (χ1) is 13.4. The summed E-state index contributed by atoms with van der Waals surface area (Å²) < 4.78 is 27.7. The van der Waals surface area contributed by atoms with Gasteiger partial charge >= 0.3 is 0 Å². The van der Waals surface area contributed by atoms with Crippen LogP contribution >= 0.6 is 0 Å². The van der Waals surface area contributed by atoms with Crippen LogP contribution in [0.25, 0.3) is 11.1 Å². The van der Waals surface area contributed by atoms with E-state index in [1.807, 2.05) is 56.3 Å². The van der Waals surface area contributed by atoms with Crippen molar-refractivity contribution in [2.24, 2.45) is 0 Å². The van der Waals surface area contributed by atoms with E-state index in [0.717, 1.165) is 33.4 Å². The molecule has 1 aliphatic rings. The standard InChI is InChI=1S/C23H23NO3S/c1-16-6-10-18(11-7-16)20-4-3-5-21-22(20)14-24(15-23(21)25)28(26,27)19-12-8-17(2)9-13-19/h3-13,23,25H,14-15H2,1-2H3. The Hall–Kier alpha value is -2.47. The number of sulfonamides is 1. The number of fused-ring (bicyclic) bond motifs is 1. The highest BCUT2D eigenvalue weighted by Crippen LogP contribution is 2.36. The van der Waals surface area contributed by atoms with Gasteiger partial charge in [0, 0.05) is 13.1 Å². The summed E-state index contributed by atoms with van der Waals surface area (Å²) in [6, 6.07) is 20.8. The third-order valence-electron chi connectivity index (χ3n) is 5.30. The van der Waals surface area contributed by atoms with Crippen molar-refractivity contribution in [1.29, 1.82) is 0 Å². The Kier molecular flexibility index (Phi) is 4.83. The highest BCUT2D eigenvalue weighted by Gasteiger charge is 2.33. The number of benzene rings is 3. The van der Waals surface area contributed by atoms with E-state index in [9.17, 15) is 13.5 Å². The number of rotatable bonds is 3. The number of hydrogen-bond donors (Lipinski definition) is 1. The highest BCUT2D eigenvalue weighted by molar-refractivity contribution is 7.89. The van der Waals surface area contributed by atoms with Gasteiger partial charge in [-0.25, -0.2) is 8.42 Å². The van der Waals surface area contributed by atoms with Gasteiger partial charge in [0.15, 0.2) is 0 Å². The summed E-state index contributed by atoms with van der Waals surface area (Å²) in [6.45, 7) is 4.25. The van der Waals surface area contributed by atoms with Crippen LogP contribution in [0.3, 0.4) is 0 Å². The van der Waals surface area contributed by atoms with Crippen LogP contribution < -0.4 is 0 Å². The van der Waals surface area contributed by atoms with Crippen LogP contribution in [0.4, 0.5) is 0 Å². The molecule has 28 heavy (non-hydrogen) atoms. The van der Waals surface area contributed by atoms with Gasteiger partial charge in [-0.3, -0.25) is 0 Å². The summed E-state index contributed by atoms with van der Waals surface area (Å²) in [5.41, 5.74) is 5.81. The Balaban J connectivity index is 1.77. The lowest BCUT2D eigenvalue weighted by Gasteiger charge is -2.33. The summed E-state index contributed by atoms with van der Waals surface area (Å²) in [4.78, 5) is 0.251. The van der Waals surface area contributed by atoms with Gasteiger partial charge < -0.3 is 5.11 Å². The average molecular weight is 394 g/mol. The molecule has 144 valence electrons. The number of β-amino-alcohol motifs (C(OH)–C–C–N with tert-alkyl or cyclic N) is 1. The average Bonchev–Trinajstić information content (AvgIpc) is 2.68. The largest absolute Gasteiger partial charge is 0.387 e. The number of aliphatic hydroxyl groups is 1. The predicted molar refractivity (Wildman–Crippen MR) is 110 cm³/mol. The molecule has 1 aliphatic heterocycles. The number of aryl methyl sites for hydroxylation is 2. The molecule has 0 fully saturated rings. The molecule has 3 aromatic rings. The monoisotopic (exact) mass is 393 g/mol. The van der Waals surface area contributed by atoms with E-state index in [4.69, 9.17) is 0 Å². The fraction of sp³-hybridized carbons (Fsp3) is 0.217. The molecule has 0 bridgehead atoms. The fourth-order valence-corrected chi connectivity index (χ4v) is 5.09. The minimum atomic E-state index is -3.69. The third kappa shape index (κ3) is 3.37. The van der Waals surface area contributed by atoms with E-state index >= 15 is 0 Å². The normalized spacial score (nSPS) is 17.3. The first kappa shape index (κ1) is 18.9. The minimum Gasteiger partial charge on any atom is -0.387 e. The number of aliphatic hydroxyl groups excluding tert-OH is 1. The molecule has 0 radical (unpaired) electrons. The van der Waals surface area contributed by atoms with Crippen LogP contribution in [0.15, 0.2) is 71.6 Å². The van der Waals surface area contributed by atoms with Crippen LogP contribution in [0, 0.1) is 13.8 Å². The van der Waals surface area contributed by atoms with Gasteiger partial charge in [-0.15, -0.1) is 0 Å². The lowest BCUT2D eigenvalue weighted by molar-refractivity contribution is 0.132. The first-order valence-electron chi connectivity index (χ1n) is 9.30. The van der Waals surface area contributed by atoms with Crippen LogP contribution in [-0.2, 0) is 16.6 Å². The number of hydrogen-bond acceptors (Lipinski definition) is 3.